The van der Waals surface area contributed by atoms with Crippen molar-refractivity contribution in [1.29, 1.82) is 0 Å². The van der Waals surface area contributed by atoms with Crippen molar-refractivity contribution in [3.63, 3.8) is 0 Å². The molecular weight excluding hydrogens is 412 g/mol. The summed E-state index contributed by atoms with van der Waals surface area (Å²) in [6, 6.07) is 4.60. The third-order valence-corrected chi connectivity index (χ3v) is 4.29. The molecule has 3 aromatic rings. The largest absolute Gasteiger partial charge is 0.507 e. The predicted molar refractivity (Wildman–Crippen MR) is 94.4 cm³/mol. The fraction of sp³-hybridized carbons (Fsp3) is 0. The van der Waals surface area contributed by atoms with Gasteiger partial charge in [0.15, 0.2) is 23.3 Å². The molecular formula is C20H10F4O6. The third kappa shape index (κ3) is 3.28. The number of carboxylic acids is 2. The molecule has 154 valence electrons. The lowest BCUT2D eigenvalue weighted by molar-refractivity contribution is 0.0682. The molecule has 3 rings (SSSR count). The van der Waals surface area contributed by atoms with Crippen molar-refractivity contribution < 1.29 is 47.6 Å². The second-order valence-electron chi connectivity index (χ2n) is 6.08. The molecule has 0 aromatic heterocycles. The first-order chi connectivity index (χ1) is 14.0. The van der Waals surface area contributed by atoms with Crippen molar-refractivity contribution in [2.45, 2.75) is 0 Å². The Kier molecular flexibility index (Phi) is 5.09. The zero-order valence-electron chi connectivity index (χ0n) is 14.6. The van der Waals surface area contributed by atoms with Crippen molar-refractivity contribution in [1.82, 2.24) is 0 Å². The van der Waals surface area contributed by atoms with Crippen LogP contribution in [0.25, 0.3) is 22.3 Å². The lowest BCUT2D eigenvalue weighted by atomic mass is 9.95. The first-order valence-corrected chi connectivity index (χ1v) is 8.03. The number of hydrogen-bond donors (Lipinski definition) is 4. The van der Waals surface area contributed by atoms with Crippen molar-refractivity contribution >= 4 is 11.9 Å². The van der Waals surface area contributed by atoms with E-state index in [0.717, 1.165) is 24.3 Å². The summed E-state index contributed by atoms with van der Waals surface area (Å²) in [5.74, 6) is -12.2. The molecule has 0 aliphatic carbocycles. The Bertz CT molecular complexity index is 1100. The van der Waals surface area contributed by atoms with Gasteiger partial charge in [-0.15, -0.1) is 0 Å². The van der Waals surface area contributed by atoms with E-state index in [2.05, 4.69) is 0 Å². The Morgan fingerprint density at radius 3 is 1.17 bits per heavy atom. The van der Waals surface area contributed by atoms with Gasteiger partial charge in [0.25, 0.3) is 0 Å². The zero-order valence-corrected chi connectivity index (χ0v) is 14.6. The van der Waals surface area contributed by atoms with Crippen LogP contribution >= 0.6 is 0 Å². The minimum atomic E-state index is -1.86. The van der Waals surface area contributed by atoms with Crippen molar-refractivity contribution in [2.24, 2.45) is 0 Å². The molecule has 0 spiro atoms. The first-order valence-electron chi connectivity index (χ1n) is 8.03. The summed E-state index contributed by atoms with van der Waals surface area (Å²) >= 11 is 0. The van der Waals surface area contributed by atoms with E-state index in [0.29, 0.717) is 12.1 Å². The zero-order chi connectivity index (χ0) is 22.3. The Morgan fingerprint density at radius 1 is 0.600 bits per heavy atom. The second kappa shape index (κ2) is 7.39. The van der Waals surface area contributed by atoms with E-state index < -0.39 is 80.1 Å². The molecule has 3 aromatic carbocycles. The van der Waals surface area contributed by atoms with Crippen LogP contribution in [0.1, 0.15) is 20.7 Å². The van der Waals surface area contributed by atoms with Gasteiger partial charge >= 0.3 is 11.9 Å². The number of benzene rings is 3. The van der Waals surface area contributed by atoms with E-state index in [9.17, 15) is 37.4 Å². The molecule has 0 saturated heterocycles. The third-order valence-electron chi connectivity index (χ3n) is 4.29. The summed E-state index contributed by atoms with van der Waals surface area (Å²) in [5.41, 5.74) is -5.04. The van der Waals surface area contributed by atoms with E-state index in [-0.39, 0.29) is 0 Å². The minimum Gasteiger partial charge on any atom is -0.507 e. The number of halogens is 4. The highest BCUT2D eigenvalue weighted by Gasteiger charge is 2.28. The Morgan fingerprint density at radius 2 is 0.900 bits per heavy atom. The van der Waals surface area contributed by atoms with Crippen LogP contribution in [0.15, 0.2) is 36.4 Å². The average molecular weight is 422 g/mol. The normalized spacial score (nSPS) is 10.8. The Hall–Kier alpha value is -4.08. The molecule has 0 amide bonds. The number of phenols is 2. The van der Waals surface area contributed by atoms with Crippen LogP contribution in [0, 0.1) is 23.3 Å². The number of carbonyl (C=O) groups is 2. The molecule has 0 fully saturated rings. The number of aromatic hydroxyl groups is 2. The Labute approximate surface area is 164 Å². The topological polar surface area (TPSA) is 115 Å². The van der Waals surface area contributed by atoms with Gasteiger partial charge in [0.1, 0.15) is 22.6 Å². The Balaban J connectivity index is 2.29. The van der Waals surface area contributed by atoms with Crippen LogP contribution in [0.2, 0.25) is 0 Å². The van der Waals surface area contributed by atoms with Crippen LogP contribution in [0.4, 0.5) is 17.6 Å². The first kappa shape index (κ1) is 20.6. The predicted octanol–water partition coefficient (Wildman–Crippen LogP) is 4.38. The van der Waals surface area contributed by atoms with Crippen LogP contribution in [0.5, 0.6) is 11.5 Å². The van der Waals surface area contributed by atoms with Crippen LogP contribution in [-0.4, -0.2) is 32.4 Å². The fourth-order valence-corrected chi connectivity index (χ4v) is 2.86. The molecule has 0 radical (unpaired) electrons. The van der Waals surface area contributed by atoms with Gasteiger partial charge in [0, 0.05) is 0 Å². The van der Waals surface area contributed by atoms with Gasteiger partial charge < -0.3 is 20.4 Å². The maximum atomic E-state index is 14.7. The summed E-state index contributed by atoms with van der Waals surface area (Å²) in [7, 11) is 0. The lowest BCUT2D eigenvalue weighted by Gasteiger charge is -2.14. The summed E-state index contributed by atoms with van der Waals surface area (Å²) in [6.07, 6.45) is 0. The van der Waals surface area contributed by atoms with Gasteiger partial charge in [-0.25, -0.2) is 27.2 Å². The van der Waals surface area contributed by atoms with E-state index >= 15 is 0 Å². The molecule has 0 unspecified atom stereocenters. The van der Waals surface area contributed by atoms with Gasteiger partial charge in [-0.1, -0.05) is 12.1 Å². The maximum Gasteiger partial charge on any atom is 0.339 e. The molecule has 0 heterocycles. The van der Waals surface area contributed by atoms with E-state index in [4.69, 9.17) is 10.2 Å². The SMILES string of the molecule is O=C(O)c1cc(-c2c(F)c(F)c(-c3ccc(O)c(C(=O)O)c3)c(F)c2F)ccc1O. The monoisotopic (exact) mass is 422 g/mol. The number of carboxylic acid groups (broad SMARTS) is 2. The highest BCUT2D eigenvalue weighted by Crippen LogP contribution is 2.38. The molecule has 0 saturated carbocycles. The van der Waals surface area contributed by atoms with Gasteiger partial charge in [0.05, 0.1) is 11.1 Å². The second-order valence-corrected chi connectivity index (χ2v) is 6.08. The summed E-state index contributed by atoms with van der Waals surface area (Å²) in [4.78, 5) is 22.2. The van der Waals surface area contributed by atoms with E-state index in [1.165, 1.54) is 0 Å². The van der Waals surface area contributed by atoms with Crippen LogP contribution in [0.3, 0.4) is 0 Å². The van der Waals surface area contributed by atoms with Gasteiger partial charge in [0.2, 0.25) is 0 Å². The summed E-state index contributed by atoms with van der Waals surface area (Å²) < 4.78 is 58.8. The molecule has 30 heavy (non-hydrogen) atoms. The molecule has 4 N–H and O–H groups in total. The number of hydrogen-bond acceptors (Lipinski definition) is 4. The molecule has 0 atom stereocenters. The van der Waals surface area contributed by atoms with Crippen LogP contribution in [-0.2, 0) is 0 Å². The number of aromatic carboxylic acids is 2. The smallest absolute Gasteiger partial charge is 0.339 e. The standard InChI is InChI=1S/C20H10F4O6/c21-15-13(7-1-3-11(25)9(5-7)19(27)28)16(22)18(24)14(17(15)23)8-2-4-12(26)10(6-8)20(29)30/h1-6,25-26H,(H,27,28)(H,29,30). The molecule has 0 aliphatic rings. The molecule has 6 nitrogen and oxygen atoms in total. The van der Waals surface area contributed by atoms with Crippen molar-refractivity contribution in [2.75, 3.05) is 0 Å². The van der Waals surface area contributed by atoms with E-state index in [1.807, 2.05) is 0 Å². The summed E-state index contributed by atoms with van der Waals surface area (Å²) in [6.45, 7) is 0. The fourth-order valence-electron chi connectivity index (χ4n) is 2.86. The summed E-state index contributed by atoms with van der Waals surface area (Å²) in [5, 5.41) is 37.0. The maximum absolute atomic E-state index is 14.7. The highest BCUT2D eigenvalue weighted by atomic mass is 19.2. The van der Waals surface area contributed by atoms with Gasteiger partial charge in [-0.2, -0.15) is 0 Å². The lowest BCUT2D eigenvalue weighted by Crippen LogP contribution is -2.05. The highest BCUT2D eigenvalue weighted by molar-refractivity contribution is 5.93. The molecule has 0 aliphatic heterocycles. The van der Waals surface area contributed by atoms with E-state index in [1.54, 1.807) is 0 Å². The molecule has 10 heteroatoms. The number of rotatable bonds is 4. The molecule has 0 bridgehead atoms. The van der Waals surface area contributed by atoms with Crippen LogP contribution < -0.4 is 0 Å². The van der Waals surface area contributed by atoms with Gasteiger partial charge in [-0.3, -0.25) is 0 Å². The van der Waals surface area contributed by atoms with Gasteiger partial charge in [-0.05, 0) is 35.4 Å². The minimum absolute atomic E-state index is 0.554. The van der Waals surface area contributed by atoms with Crippen molar-refractivity contribution in [3.8, 4) is 33.8 Å². The van der Waals surface area contributed by atoms with Crippen molar-refractivity contribution in [3.05, 3.63) is 70.8 Å². The quantitative estimate of drug-likeness (QED) is 0.366. The average Bonchev–Trinajstić information content (AvgIpc) is 2.68.